The van der Waals surface area contributed by atoms with Crippen LogP contribution in [0.25, 0.3) is 0 Å². The van der Waals surface area contributed by atoms with Crippen molar-refractivity contribution < 1.29 is 19.4 Å². The average Bonchev–Trinajstić information content (AvgIpc) is 2.20. The summed E-state index contributed by atoms with van der Waals surface area (Å²) < 4.78 is 5.15. The van der Waals surface area contributed by atoms with Gasteiger partial charge in [-0.1, -0.05) is 6.08 Å². The molecule has 0 heterocycles. The molecule has 0 aromatic rings. The van der Waals surface area contributed by atoms with E-state index in [0.29, 0.717) is 19.8 Å². The summed E-state index contributed by atoms with van der Waals surface area (Å²) in [5, 5.41) is 10.9. The number of amides is 1. The van der Waals surface area contributed by atoms with E-state index < -0.39 is 5.97 Å². The van der Waals surface area contributed by atoms with Crippen LogP contribution < -0.4 is 5.32 Å². The van der Waals surface area contributed by atoms with Crippen molar-refractivity contribution in [3.8, 4) is 0 Å². The van der Waals surface area contributed by atoms with Crippen LogP contribution in [0.4, 0.5) is 0 Å². The molecule has 2 N–H and O–H groups in total. The summed E-state index contributed by atoms with van der Waals surface area (Å²) in [6.45, 7) is 4.98. The fraction of sp³-hybridized carbons (Fsp3) is 0.600. The lowest BCUT2D eigenvalue weighted by atomic mass is 10.3. The molecule has 5 heteroatoms. The van der Waals surface area contributed by atoms with Crippen LogP contribution in [0.2, 0.25) is 0 Å². The van der Waals surface area contributed by atoms with E-state index in [9.17, 15) is 9.59 Å². The molecule has 0 radical (unpaired) electrons. The topological polar surface area (TPSA) is 75.6 Å². The Kier molecular flexibility index (Phi) is 8.37. The zero-order valence-electron chi connectivity index (χ0n) is 8.70. The van der Waals surface area contributed by atoms with Crippen LogP contribution in [-0.4, -0.2) is 36.7 Å². The number of carbonyl (C=O) groups excluding carboxylic acids is 1. The van der Waals surface area contributed by atoms with Gasteiger partial charge in [-0.3, -0.25) is 9.59 Å². The Morgan fingerprint density at radius 2 is 2.07 bits per heavy atom. The summed E-state index contributed by atoms with van der Waals surface area (Å²) in [6, 6.07) is 0. The highest BCUT2D eigenvalue weighted by Gasteiger charge is 2.03. The number of ether oxygens (including phenoxy) is 1. The SMILES string of the molecule is C=CCCOCCNC(=O)CCC(=O)O. The first-order valence-electron chi connectivity index (χ1n) is 4.84. The molecule has 5 nitrogen and oxygen atoms in total. The van der Waals surface area contributed by atoms with Gasteiger partial charge in [0.1, 0.15) is 0 Å². The average molecular weight is 215 g/mol. The highest BCUT2D eigenvalue weighted by molar-refractivity contribution is 5.80. The van der Waals surface area contributed by atoms with Crippen molar-refractivity contribution in [1.29, 1.82) is 0 Å². The van der Waals surface area contributed by atoms with Crippen molar-refractivity contribution in [2.24, 2.45) is 0 Å². The molecule has 0 fully saturated rings. The molecular weight excluding hydrogens is 198 g/mol. The van der Waals surface area contributed by atoms with Gasteiger partial charge in [0.25, 0.3) is 0 Å². The van der Waals surface area contributed by atoms with Crippen LogP contribution in [0.1, 0.15) is 19.3 Å². The molecule has 0 bridgehead atoms. The third kappa shape index (κ3) is 10.6. The van der Waals surface area contributed by atoms with E-state index in [2.05, 4.69) is 11.9 Å². The number of hydrogen-bond donors (Lipinski definition) is 2. The van der Waals surface area contributed by atoms with Gasteiger partial charge in [-0.2, -0.15) is 0 Å². The summed E-state index contributed by atoms with van der Waals surface area (Å²) >= 11 is 0. The maximum Gasteiger partial charge on any atom is 0.303 e. The molecule has 0 aliphatic rings. The molecule has 0 unspecified atom stereocenters. The van der Waals surface area contributed by atoms with Gasteiger partial charge in [0, 0.05) is 13.0 Å². The number of aliphatic carboxylic acids is 1. The molecule has 0 spiro atoms. The zero-order valence-corrected chi connectivity index (χ0v) is 8.70. The van der Waals surface area contributed by atoms with Gasteiger partial charge >= 0.3 is 5.97 Å². The Morgan fingerprint density at radius 3 is 2.67 bits per heavy atom. The molecule has 0 saturated carbocycles. The Hall–Kier alpha value is -1.36. The lowest BCUT2D eigenvalue weighted by Gasteiger charge is -2.04. The largest absolute Gasteiger partial charge is 0.481 e. The lowest BCUT2D eigenvalue weighted by Crippen LogP contribution is -2.27. The van der Waals surface area contributed by atoms with Crippen LogP contribution in [0.15, 0.2) is 12.7 Å². The van der Waals surface area contributed by atoms with Crippen LogP contribution in [0, 0.1) is 0 Å². The van der Waals surface area contributed by atoms with E-state index >= 15 is 0 Å². The van der Waals surface area contributed by atoms with Gasteiger partial charge in [-0.05, 0) is 6.42 Å². The van der Waals surface area contributed by atoms with Gasteiger partial charge < -0.3 is 15.2 Å². The predicted molar refractivity (Wildman–Crippen MR) is 55.5 cm³/mol. The van der Waals surface area contributed by atoms with Gasteiger partial charge in [-0.25, -0.2) is 0 Å². The zero-order chi connectivity index (χ0) is 11.5. The van der Waals surface area contributed by atoms with Crippen molar-refractivity contribution in [3.05, 3.63) is 12.7 Å². The molecule has 0 aromatic carbocycles. The predicted octanol–water partition coefficient (Wildman–Crippen LogP) is 0.560. The summed E-state index contributed by atoms with van der Waals surface area (Å²) in [6.07, 6.45) is 2.42. The molecule has 1 amide bonds. The molecule has 0 aromatic heterocycles. The van der Waals surface area contributed by atoms with Gasteiger partial charge in [0.2, 0.25) is 5.91 Å². The first kappa shape index (κ1) is 13.6. The second-order valence-electron chi connectivity index (χ2n) is 2.93. The maximum absolute atomic E-state index is 11.0. The molecule has 0 rings (SSSR count). The Bertz CT molecular complexity index is 215. The Morgan fingerprint density at radius 1 is 1.33 bits per heavy atom. The molecular formula is C10H17NO4. The van der Waals surface area contributed by atoms with Crippen LogP contribution in [0.3, 0.4) is 0 Å². The van der Waals surface area contributed by atoms with Crippen LogP contribution >= 0.6 is 0 Å². The van der Waals surface area contributed by atoms with Crippen molar-refractivity contribution >= 4 is 11.9 Å². The van der Waals surface area contributed by atoms with Crippen LogP contribution in [0.5, 0.6) is 0 Å². The van der Waals surface area contributed by atoms with E-state index in [-0.39, 0.29) is 18.7 Å². The minimum absolute atomic E-state index is 0.0159. The third-order valence-electron chi connectivity index (χ3n) is 1.60. The number of carbonyl (C=O) groups is 2. The number of hydrogen-bond acceptors (Lipinski definition) is 3. The quantitative estimate of drug-likeness (QED) is 0.435. The monoisotopic (exact) mass is 215 g/mol. The number of nitrogens with one attached hydrogen (secondary N) is 1. The Balaban J connectivity index is 3.23. The third-order valence-corrected chi connectivity index (χ3v) is 1.60. The highest BCUT2D eigenvalue weighted by Crippen LogP contribution is 1.88. The fourth-order valence-electron chi connectivity index (χ4n) is 0.840. The van der Waals surface area contributed by atoms with Crippen molar-refractivity contribution in [2.45, 2.75) is 19.3 Å². The fourth-order valence-corrected chi connectivity index (χ4v) is 0.840. The summed E-state index contributed by atoms with van der Waals surface area (Å²) in [7, 11) is 0. The van der Waals surface area contributed by atoms with Crippen molar-refractivity contribution in [1.82, 2.24) is 5.32 Å². The molecule has 0 aliphatic heterocycles. The molecule has 0 atom stereocenters. The van der Waals surface area contributed by atoms with Crippen LogP contribution in [-0.2, 0) is 14.3 Å². The van der Waals surface area contributed by atoms with E-state index in [1.165, 1.54) is 0 Å². The normalized spacial score (nSPS) is 9.60. The van der Waals surface area contributed by atoms with Gasteiger partial charge in [0.15, 0.2) is 0 Å². The van der Waals surface area contributed by atoms with E-state index in [1.807, 2.05) is 0 Å². The molecule has 86 valence electrons. The summed E-state index contributed by atoms with van der Waals surface area (Å²) in [4.78, 5) is 21.1. The number of carboxylic acid groups (broad SMARTS) is 1. The first-order chi connectivity index (χ1) is 7.16. The lowest BCUT2D eigenvalue weighted by molar-refractivity contribution is -0.138. The smallest absolute Gasteiger partial charge is 0.303 e. The van der Waals surface area contributed by atoms with Gasteiger partial charge in [0.05, 0.1) is 19.6 Å². The maximum atomic E-state index is 11.0. The van der Waals surface area contributed by atoms with E-state index in [0.717, 1.165) is 6.42 Å². The molecule has 0 saturated heterocycles. The summed E-state index contributed by atoms with van der Waals surface area (Å²) in [5.74, 6) is -1.22. The summed E-state index contributed by atoms with van der Waals surface area (Å²) in [5.41, 5.74) is 0. The highest BCUT2D eigenvalue weighted by atomic mass is 16.5. The minimum atomic E-state index is -0.965. The second-order valence-corrected chi connectivity index (χ2v) is 2.93. The minimum Gasteiger partial charge on any atom is -0.481 e. The van der Waals surface area contributed by atoms with E-state index in [1.54, 1.807) is 6.08 Å². The molecule has 15 heavy (non-hydrogen) atoms. The standard InChI is InChI=1S/C10H17NO4/c1-2-3-7-15-8-6-11-9(12)4-5-10(13)14/h2H,1,3-8H2,(H,11,12)(H,13,14). The number of rotatable bonds is 9. The first-order valence-corrected chi connectivity index (χ1v) is 4.84. The second kappa shape index (κ2) is 9.21. The van der Waals surface area contributed by atoms with Gasteiger partial charge in [-0.15, -0.1) is 6.58 Å². The van der Waals surface area contributed by atoms with Crippen molar-refractivity contribution in [3.63, 3.8) is 0 Å². The van der Waals surface area contributed by atoms with E-state index in [4.69, 9.17) is 9.84 Å². The Labute approximate surface area is 89.1 Å². The number of carboxylic acids is 1. The van der Waals surface area contributed by atoms with Crippen molar-refractivity contribution in [2.75, 3.05) is 19.8 Å². The molecule has 0 aliphatic carbocycles.